The molecular formula is C14H21NO3S. The van der Waals surface area contributed by atoms with Crippen molar-refractivity contribution < 1.29 is 13.2 Å². The molecular weight excluding hydrogens is 262 g/mol. The molecule has 1 aliphatic heterocycles. The molecule has 19 heavy (non-hydrogen) atoms. The summed E-state index contributed by atoms with van der Waals surface area (Å²) >= 11 is 0. The van der Waals surface area contributed by atoms with Gasteiger partial charge in [0.2, 0.25) is 0 Å². The maximum Gasteiger partial charge on any atom is 0.180 e. The van der Waals surface area contributed by atoms with Gasteiger partial charge in [0.25, 0.3) is 0 Å². The van der Waals surface area contributed by atoms with Gasteiger partial charge in [-0.25, -0.2) is 8.42 Å². The minimum atomic E-state index is -3.31. The van der Waals surface area contributed by atoms with Crippen molar-refractivity contribution in [2.75, 3.05) is 11.5 Å². The fourth-order valence-corrected chi connectivity index (χ4v) is 3.93. The second-order valence-electron chi connectivity index (χ2n) is 5.84. The van der Waals surface area contributed by atoms with Crippen LogP contribution in [-0.4, -0.2) is 25.9 Å². The van der Waals surface area contributed by atoms with Crippen LogP contribution in [0.3, 0.4) is 0 Å². The zero-order valence-electron chi connectivity index (χ0n) is 11.6. The van der Waals surface area contributed by atoms with E-state index in [1.807, 2.05) is 20.8 Å². The van der Waals surface area contributed by atoms with Crippen LogP contribution in [0.15, 0.2) is 23.1 Å². The Labute approximate surface area is 114 Å². The van der Waals surface area contributed by atoms with Gasteiger partial charge in [0.15, 0.2) is 9.84 Å². The van der Waals surface area contributed by atoms with Crippen LogP contribution >= 0.6 is 0 Å². The highest BCUT2D eigenvalue weighted by molar-refractivity contribution is 7.91. The van der Waals surface area contributed by atoms with E-state index in [4.69, 9.17) is 10.5 Å². The lowest BCUT2D eigenvalue weighted by Gasteiger charge is -2.19. The first-order chi connectivity index (χ1) is 8.70. The van der Waals surface area contributed by atoms with Crippen LogP contribution in [0.2, 0.25) is 0 Å². The molecule has 106 valence electrons. The molecule has 1 aromatic rings. The van der Waals surface area contributed by atoms with Gasteiger partial charge in [0.05, 0.1) is 22.4 Å². The third kappa shape index (κ3) is 3.28. The lowest BCUT2D eigenvalue weighted by molar-refractivity contribution is -0.00527. The van der Waals surface area contributed by atoms with E-state index in [1.165, 1.54) is 0 Å². The monoisotopic (exact) mass is 283 g/mol. The van der Waals surface area contributed by atoms with E-state index in [0.29, 0.717) is 10.6 Å². The summed E-state index contributed by atoms with van der Waals surface area (Å²) in [6.45, 7) is 5.80. The van der Waals surface area contributed by atoms with Gasteiger partial charge in [-0.3, -0.25) is 0 Å². The van der Waals surface area contributed by atoms with E-state index in [-0.39, 0.29) is 17.5 Å². The topological polar surface area (TPSA) is 69.4 Å². The zero-order chi connectivity index (χ0) is 14.3. The Kier molecular flexibility index (Phi) is 3.62. The van der Waals surface area contributed by atoms with E-state index in [2.05, 4.69) is 0 Å². The summed E-state index contributed by atoms with van der Waals surface area (Å²) in [5.74, 6) is 0.0415. The first kappa shape index (κ1) is 14.3. The summed E-state index contributed by atoms with van der Waals surface area (Å²) in [7, 11) is -3.31. The molecule has 2 N–H and O–H groups in total. The lowest BCUT2D eigenvalue weighted by atomic mass is 10.1. The molecule has 0 aliphatic carbocycles. The summed E-state index contributed by atoms with van der Waals surface area (Å²) in [6, 6.07) is 4.84. The van der Waals surface area contributed by atoms with Crippen LogP contribution in [0.25, 0.3) is 0 Å². The fourth-order valence-electron chi connectivity index (χ4n) is 2.38. The van der Waals surface area contributed by atoms with Crippen LogP contribution in [0.4, 0.5) is 5.69 Å². The minimum absolute atomic E-state index is 0.0415. The number of rotatable bonds is 3. The van der Waals surface area contributed by atoms with Gasteiger partial charge < -0.3 is 10.5 Å². The molecule has 1 heterocycles. The molecule has 0 bridgehead atoms. The van der Waals surface area contributed by atoms with E-state index >= 15 is 0 Å². The Morgan fingerprint density at radius 1 is 1.42 bits per heavy atom. The van der Waals surface area contributed by atoms with Gasteiger partial charge in [0, 0.05) is 5.69 Å². The molecule has 2 rings (SSSR count). The number of anilines is 1. The van der Waals surface area contributed by atoms with Crippen molar-refractivity contribution in [3.05, 3.63) is 23.8 Å². The number of benzene rings is 1. The van der Waals surface area contributed by atoms with Gasteiger partial charge in [-0.15, -0.1) is 0 Å². The van der Waals surface area contributed by atoms with Crippen LogP contribution in [0.1, 0.15) is 32.3 Å². The molecule has 1 aliphatic rings. The predicted octanol–water partition coefficient (Wildman–Crippen LogP) is 2.31. The van der Waals surface area contributed by atoms with Gasteiger partial charge >= 0.3 is 0 Å². The molecule has 1 unspecified atom stereocenters. The van der Waals surface area contributed by atoms with Crippen LogP contribution < -0.4 is 5.73 Å². The Balaban J connectivity index is 2.17. The molecule has 0 radical (unpaired) electrons. The summed E-state index contributed by atoms with van der Waals surface area (Å²) in [4.78, 5) is 0.326. The number of aryl methyl sites for hydroxylation is 1. The first-order valence-corrected chi connectivity index (χ1v) is 8.11. The van der Waals surface area contributed by atoms with Gasteiger partial charge in [-0.05, 0) is 57.4 Å². The zero-order valence-corrected chi connectivity index (χ0v) is 12.5. The van der Waals surface area contributed by atoms with Crippen LogP contribution in [0.5, 0.6) is 0 Å². The largest absolute Gasteiger partial charge is 0.399 e. The Morgan fingerprint density at radius 3 is 2.63 bits per heavy atom. The maximum atomic E-state index is 12.3. The number of nitrogen functional groups attached to an aromatic ring is 1. The van der Waals surface area contributed by atoms with Gasteiger partial charge in [0.1, 0.15) is 0 Å². The molecule has 1 fully saturated rings. The van der Waals surface area contributed by atoms with E-state index in [0.717, 1.165) is 18.4 Å². The summed E-state index contributed by atoms with van der Waals surface area (Å²) in [5.41, 5.74) is 6.89. The quantitative estimate of drug-likeness (QED) is 0.864. The second kappa shape index (κ2) is 4.80. The van der Waals surface area contributed by atoms with Crippen molar-refractivity contribution in [1.29, 1.82) is 0 Å². The molecule has 5 heteroatoms. The summed E-state index contributed by atoms with van der Waals surface area (Å²) in [5, 5.41) is 0. The highest BCUT2D eigenvalue weighted by Gasteiger charge is 2.34. The Hall–Kier alpha value is -1.07. The van der Waals surface area contributed by atoms with Crippen molar-refractivity contribution in [3.8, 4) is 0 Å². The molecule has 1 aromatic carbocycles. The van der Waals surface area contributed by atoms with Crippen molar-refractivity contribution in [2.45, 2.75) is 50.2 Å². The second-order valence-corrected chi connectivity index (χ2v) is 7.87. The van der Waals surface area contributed by atoms with E-state index in [1.54, 1.807) is 18.2 Å². The highest BCUT2D eigenvalue weighted by atomic mass is 32.2. The molecule has 1 saturated heterocycles. The molecule has 4 nitrogen and oxygen atoms in total. The van der Waals surface area contributed by atoms with Gasteiger partial charge in [-0.2, -0.15) is 0 Å². The number of nitrogens with two attached hydrogens (primary N) is 1. The third-order valence-electron chi connectivity index (χ3n) is 3.56. The van der Waals surface area contributed by atoms with E-state index in [9.17, 15) is 8.42 Å². The molecule has 0 aromatic heterocycles. The summed E-state index contributed by atoms with van der Waals surface area (Å²) in [6.07, 6.45) is 1.48. The van der Waals surface area contributed by atoms with Crippen molar-refractivity contribution in [2.24, 2.45) is 0 Å². The number of hydrogen-bond acceptors (Lipinski definition) is 4. The number of ether oxygens (including phenoxy) is 1. The molecule has 0 amide bonds. The van der Waals surface area contributed by atoms with Crippen molar-refractivity contribution >= 4 is 15.5 Å². The third-order valence-corrected chi connectivity index (χ3v) is 5.34. The number of hydrogen-bond donors (Lipinski definition) is 1. The standard InChI is InChI=1S/C14H21NO3S/c1-10-8-12(4-5-13(10)15)19(16,17)9-11-6-7-14(2,3)18-11/h4-5,8,11H,6-7,9,15H2,1-3H3. The average Bonchev–Trinajstić information content (AvgIpc) is 2.61. The van der Waals surface area contributed by atoms with Crippen LogP contribution in [0, 0.1) is 6.92 Å². The fraction of sp³-hybridized carbons (Fsp3) is 0.571. The normalized spacial score (nSPS) is 22.6. The maximum absolute atomic E-state index is 12.3. The molecule has 0 spiro atoms. The summed E-state index contributed by atoms with van der Waals surface area (Å²) < 4.78 is 30.4. The Bertz CT molecular complexity index is 578. The van der Waals surface area contributed by atoms with Gasteiger partial charge in [-0.1, -0.05) is 0 Å². The lowest BCUT2D eigenvalue weighted by Crippen LogP contribution is -2.25. The van der Waals surface area contributed by atoms with Crippen molar-refractivity contribution in [1.82, 2.24) is 0 Å². The Morgan fingerprint density at radius 2 is 2.11 bits per heavy atom. The van der Waals surface area contributed by atoms with E-state index < -0.39 is 9.84 Å². The smallest absolute Gasteiger partial charge is 0.180 e. The molecule has 1 atom stereocenters. The highest BCUT2D eigenvalue weighted by Crippen LogP contribution is 2.31. The minimum Gasteiger partial charge on any atom is -0.399 e. The van der Waals surface area contributed by atoms with Crippen LogP contribution in [-0.2, 0) is 14.6 Å². The average molecular weight is 283 g/mol. The predicted molar refractivity (Wildman–Crippen MR) is 75.8 cm³/mol. The van der Waals surface area contributed by atoms with Crippen molar-refractivity contribution in [3.63, 3.8) is 0 Å². The SMILES string of the molecule is Cc1cc(S(=O)(=O)CC2CCC(C)(C)O2)ccc1N. The molecule has 0 saturated carbocycles. The number of sulfone groups is 1. The first-order valence-electron chi connectivity index (χ1n) is 6.46.